The lowest BCUT2D eigenvalue weighted by Gasteiger charge is -2.34. The largest absolute Gasteiger partial charge is 0.476 e. The van der Waals surface area contributed by atoms with E-state index in [-0.39, 0.29) is 17.2 Å². The summed E-state index contributed by atoms with van der Waals surface area (Å²) in [5.41, 5.74) is 2.33. The molecule has 34 heavy (non-hydrogen) atoms. The average Bonchev–Trinajstić information content (AvgIpc) is 3.11. The predicted octanol–water partition coefficient (Wildman–Crippen LogP) is 3.34. The number of benzene rings is 3. The van der Waals surface area contributed by atoms with E-state index in [1.807, 2.05) is 6.07 Å². The number of hydrogen-bond donors (Lipinski definition) is 1. The Morgan fingerprint density at radius 2 is 1.82 bits per heavy atom. The van der Waals surface area contributed by atoms with Crippen molar-refractivity contribution in [3.8, 4) is 5.75 Å². The molecule has 0 radical (unpaired) electrons. The molecule has 2 heterocycles. The summed E-state index contributed by atoms with van der Waals surface area (Å²) in [5, 5.41) is 2.79. The van der Waals surface area contributed by atoms with Gasteiger partial charge in [-0.15, -0.1) is 0 Å². The molecule has 4 aromatic rings. The van der Waals surface area contributed by atoms with Gasteiger partial charge in [0, 0.05) is 12.7 Å². The highest BCUT2D eigenvalue weighted by atomic mass is 32.2. The van der Waals surface area contributed by atoms with Gasteiger partial charge in [0.1, 0.15) is 5.75 Å². The number of ether oxygens (including phenoxy) is 1. The van der Waals surface area contributed by atoms with Crippen molar-refractivity contribution in [1.82, 2.24) is 4.57 Å². The van der Waals surface area contributed by atoms with Crippen molar-refractivity contribution in [1.29, 1.82) is 0 Å². The Morgan fingerprint density at radius 3 is 2.62 bits per heavy atom. The number of aromatic nitrogens is 1. The summed E-state index contributed by atoms with van der Waals surface area (Å²) in [6.45, 7) is -0.154. The molecule has 1 aromatic heterocycles. The number of para-hydroxylation sites is 2. The summed E-state index contributed by atoms with van der Waals surface area (Å²) in [7, 11) is -2.09. The van der Waals surface area contributed by atoms with Gasteiger partial charge in [0.2, 0.25) is 10.0 Å². The van der Waals surface area contributed by atoms with Crippen molar-refractivity contribution in [2.45, 2.75) is 11.9 Å². The number of carbonyl (C=O) groups is 1. The molecule has 1 aliphatic heterocycles. The Morgan fingerprint density at radius 1 is 1.09 bits per heavy atom. The number of hydrogen-bond acceptors (Lipinski definition) is 6. The minimum Gasteiger partial charge on any atom is -0.476 e. The van der Waals surface area contributed by atoms with Crippen LogP contribution in [0, 0.1) is 0 Å². The van der Waals surface area contributed by atoms with E-state index in [0.717, 1.165) is 21.6 Å². The first-order chi connectivity index (χ1) is 16.3. The van der Waals surface area contributed by atoms with E-state index >= 15 is 0 Å². The van der Waals surface area contributed by atoms with Gasteiger partial charge >= 0.3 is 4.87 Å². The normalized spacial score (nSPS) is 15.6. The molecule has 0 saturated heterocycles. The molecule has 174 valence electrons. The number of thiazole rings is 1. The number of fused-ring (bicyclic) bond motifs is 2. The van der Waals surface area contributed by atoms with Crippen molar-refractivity contribution >= 4 is 48.9 Å². The number of rotatable bonds is 5. The third kappa shape index (κ3) is 4.17. The van der Waals surface area contributed by atoms with Gasteiger partial charge in [-0.2, -0.15) is 0 Å². The van der Waals surface area contributed by atoms with Crippen molar-refractivity contribution in [3.63, 3.8) is 0 Å². The Hall–Kier alpha value is -3.63. The zero-order valence-corrected chi connectivity index (χ0v) is 19.8. The summed E-state index contributed by atoms with van der Waals surface area (Å²) < 4.78 is 36.1. The number of anilines is 2. The van der Waals surface area contributed by atoms with Crippen LogP contribution in [0.5, 0.6) is 5.75 Å². The minimum atomic E-state index is -3.78. The van der Waals surface area contributed by atoms with Crippen LogP contribution in [-0.4, -0.2) is 31.5 Å². The molecule has 0 bridgehead atoms. The van der Waals surface area contributed by atoms with Crippen LogP contribution in [0.15, 0.2) is 77.6 Å². The maximum atomic E-state index is 13.3. The van der Waals surface area contributed by atoms with Gasteiger partial charge in [0.15, 0.2) is 6.10 Å². The summed E-state index contributed by atoms with van der Waals surface area (Å²) in [4.78, 5) is 24.9. The lowest BCUT2D eigenvalue weighted by molar-refractivity contribution is -0.122. The SMILES string of the molecule is Cn1c(=O)sc2cc(NC(=O)[C@@H]3CN(S(=O)(=O)Cc4ccccc4)c4ccccc4O3)ccc21. The molecular formula is C24H21N3O5S2. The summed E-state index contributed by atoms with van der Waals surface area (Å²) in [6, 6.07) is 20.9. The molecule has 5 rings (SSSR count). The number of amides is 1. The summed E-state index contributed by atoms with van der Waals surface area (Å²) in [6.07, 6.45) is -1.05. The number of sulfonamides is 1. The van der Waals surface area contributed by atoms with Crippen molar-refractivity contribution in [2.75, 3.05) is 16.2 Å². The second-order valence-electron chi connectivity index (χ2n) is 7.95. The van der Waals surface area contributed by atoms with Gasteiger partial charge in [-0.05, 0) is 35.9 Å². The Kier molecular flexibility index (Phi) is 5.62. The highest BCUT2D eigenvalue weighted by Crippen LogP contribution is 2.36. The second-order valence-corrected chi connectivity index (χ2v) is 10.8. The minimum absolute atomic E-state index is 0.0926. The van der Waals surface area contributed by atoms with Gasteiger partial charge in [0.05, 0.1) is 28.2 Å². The molecule has 1 amide bonds. The predicted molar refractivity (Wildman–Crippen MR) is 133 cm³/mol. The van der Waals surface area contributed by atoms with Gasteiger partial charge in [0.25, 0.3) is 5.91 Å². The number of nitrogens with one attached hydrogen (secondary N) is 1. The lowest BCUT2D eigenvalue weighted by Crippen LogP contribution is -2.49. The summed E-state index contributed by atoms with van der Waals surface area (Å²) in [5.74, 6) is -0.348. The van der Waals surface area contributed by atoms with Crippen LogP contribution >= 0.6 is 11.3 Å². The third-order valence-corrected chi connectivity index (χ3v) is 8.33. The van der Waals surface area contributed by atoms with Crippen LogP contribution in [0.2, 0.25) is 0 Å². The number of aryl methyl sites for hydroxylation is 1. The molecular weight excluding hydrogens is 474 g/mol. The molecule has 3 aromatic carbocycles. The van der Waals surface area contributed by atoms with Crippen LogP contribution in [0.25, 0.3) is 10.2 Å². The van der Waals surface area contributed by atoms with E-state index < -0.39 is 22.0 Å². The maximum absolute atomic E-state index is 13.3. The van der Waals surface area contributed by atoms with E-state index in [1.165, 1.54) is 4.31 Å². The highest BCUT2D eigenvalue weighted by molar-refractivity contribution is 7.92. The van der Waals surface area contributed by atoms with Gasteiger partial charge < -0.3 is 14.6 Å². The Bertz CT molecular complexity index is 1540. The van der Waals surface area contributed by atoms with E-state index in [9.17, 15) is 18.0 Å². The maximum Gasteiger partial charge on any atom is 0.307 e. The van der Waals surface area contributed by atoms with E-state index in [1.54, 1.807) is 78.3 Å². The zero-order chi connectivity index (χ0) is 23.9. The standard InChI is InChI=1S/C24H21N3O5S2/c1-26-19-12-11-17(13-22(19)33-24(26)29)25-23(28)21-14-27(18-9-5-6-10-20(18)32-21)34(30,31)15-16-7-3-2-4-8-16/h2-13,21H,14-15H2,1H3,(H,25,28)/t21-/m0/s1. The number of carbonyl (C=O) groups excluding carboxylic acids is 1. The summed E-state index contributed by atoms with van der Waals surface area (Å²) >= 11 is 1.09. The molecule has 0 saturated carbocycles. The smallest absolute Gasteiger partial charge is 0.307 e. The quantitative estimate of drug-likeness (QED) is 0.458. The van der Waals surface area contributed by atoms with E-state index in [0.29, 0.717) is 22.7 Å². The van der Waals surface area contributed by atoms with Crippen molar-refractivity contribution in [3.05, 3.63) is 88.0 Å². The second kappa shape index (κ2) is 8.62. The van der Waals surface area contributed by atoms with E-state index in [2.05, 4.69) is 5.32 Å². The first-order valence-electron chi connectivity index (χ1n) is 10.5. The molecule has 0 aliphatic carbocycles. The molecule has 1 N–H and O–H groups in total. The average molecular weight is 496 g/mol. The monoisotopic (exact) mass is 495 g/mol. The van der Waals surface area contributed by atoms with Crippen molar-refractivity contribution < 1.29 is 17.9 Å². The molecule has 0 fully saturated rings. The van der Waals surface area contributed by atoms with Crippen molar-refractivity contribution in [2.24, 2.45) is 7.05 Å². The first kappa shape index (κ1) is 22.2. The Balaban J connectivity index is 1.41. The molecule has 8 nitrogen and oxygen atoms in total. The zero-order valence-electron chi connectivity index (χ0n) is 18.2. The van der Waals surface area contributed by atoms with Crippen LogP contribution in [0.4, 0.5) is 11.4 Å². The van der Waals surface area contributed by atoms with Gasteiger partial charge in [-0.1, -0.05) is 53.8 Å². The van der Waals surface area contributed by atoms with Crippen LogP contribution in [-0.2, 0) is 27.6 Å². The fourth-order valence-corrected chi connectivity index (χ4v) is 6.40. The van der Waals surface area contributed by atoms with E-state index in [4.69, 9.17) is 4.74 Å². The fraction of sp³-hybridized carbons (Fsp3) is 0.167. The lowest BCUT2D eigenvalue weighted by atomic mass is 10.2. The number of nitrogens with zero attached hydrogens (tertiary/aromatic N) is 2. The highest BCUT2D eigenvalue weighted by Gasteiger charge is 2.36. The van der Waals surface area contributed by atoms with Crippen LogP contribution in [0.3, 0.4) is 0 Å². The Labute approximate surface area is 200 Å². The molecule has 0 unspecified atom stereocenters. The first-order valence-corrected chi connectivity index (χ1v) is 12.9. The van der Waals surface area contributed by atoms with Gasteiger partial charge in [-0.3, -0.25) is 13.9 Å². The van der Waals surface area contributed by atoms with Gasteiger partial charge in [-0.25, -0.2) is 8.42 Å². The molecule has 1 aliphatic rings. The molecule has 10 heteroatoms. The molecule has 1 atom stereocenters. The molecule has 0 spiro atoms. The van der Waals surface area contributed by atoms with Crippen LogP contribution < -0.4 is 19.2 Å². The fourth-order valence-electron chi connectivity index (χ4n) is 3.90. The van der Waals surface area contributed by atoms with Crippen LogP contribution in [0.1, 0.15) is 5.56 Å². The third-order valence-electron chi connectivity index (χ3n) is 5.61. The topological polar surface area (TPSA) is 97.7 Å².